The fraction of sp³-hybridized carbons (Fsp3) is 0.810. The summed E-state index contributed by atoms with van der Waals surface area (Å²) in [4.78, 5) is 24.7. The van der Waals surface area contributed by atoms with Gasteiger partial charge in [0.2, 0.25) is 0 Å². The Bertz CT molecular complexity index is 520. The van der Waals surface area contributed by atoms with E-state index >= 15 is 0 Å². The van der Waals surface area contributed by atoms with Gasteiger partial charge in [-0.3, -0.25) is 9.59 Å². The monoisotopic (exact) mass is 350 g/mol. The van der Waals surface area contributed by atoms with E-state index in [9.17, 15) is 14.7 Å². The summed E-state index contributed by atoms with van der Waals surface area (Å²) in [5.74, 6) is 0.833. The molecular weight excluding hydrogens is 316 g/mol. The van der Waals surface area contributed by atoms with Crippen LogP contribution in [0.2, 0.25) is 0 Å². The number of aliphatic hydroxyl groups excluding tert-OH is 1. The molecule has 0 saturated heterocycles. The summed E-state index contributed by atoms with van der Waals surface area (Å²) in [6.45, 7) is 14.3. The van der Waals surface area contributed by atoms with Gasteiger partial charge in [-0.15, -0.1) is 0 Å². The van der Waals surface area contributed by atoms with Crippen molar-refractivity contribution in [3.63, 3.8) is 0 Å². The summed E-state index contributed by atoms with van der Waals surface area (Å²) in [5.41, 5.74) is 0.874. The number of fused-ring (bicyclic) bond motifs is 1. The van der Waals surface area contributed by atoms with Gasteiger partial charge >= 0.3 is 5.97 Å². The van der Waals surface area contributed by atoms with Gasteiger partial charge in [-0.25, -0.2) is 0 Å². The van der Waals surface area contributed by atoms with Crippen LogP contribution in [-0.4, -0.2) is 29.1 Å². The molecule has 6 atom stereocenters. The highest BCUT2D eigenvalue weighted by molar-refractivity contribution is 5.85. The van der Waals surface area contributed by atoms with Crippen LogP contribution in [0.1, 0.15) is 60.3 Å². The number of ketones is 1. The van der Waals surface area contributed by atoms with Crippen molar-refractivity contribution < 1.29 is 19.4 Å². The predicted molar refractivity (Wildman–Crippen MR) is 97.8 cm³/mol. The smallest absolute Gasteiger partial charge is 0.306 e. The van der Waals surface area contributed by atoms with E-state index < -0.39 is 6.10 Å². The van der Waals surface area contributed by atoms with Crippen LogP contribution in [0.15, 0.2) is 12.2 Å². The van der Waals surface area contributed by atoms with Gasteiger partial charge in [-0.1, -0.05) is 34.3 Å². The third-order valence-corrected chi connectivity index (χ3v) is 5.77. The Kier molecular flexibility index (Phi) is 6.47. The van der Waals surface area contributed by atoms with Gasteiger partial charge in [0.25, 0.3) is 0 Å². The fourth-order valence-electron chi connectivity index (χ4n) is 4.89. The molecule has 0 aromatic rings. The maximum Gasteiger partial charge on any atom is 0.306 e. The van der Waals surface area contributed by atoms with Gasteiger partial charge in [-0.2, -0.15) is 0 Å². The molecule has 4 nitrogen and oxygen atoms in total. The molecule has 4 heteroatoms. The Hall–Kier alpha value is -1.16. The van der Waals surface area contributed by atoms with E-state index in [1.165, 1.54) is 0 Å². The van der Waals surface area contributed by atoms with Gasteiger partial charge in [0.1, 0.15) is 11.9 Å². The Balaban J connectivity index is 2.22. The van der Waals surface area contributed by atoms with E-state index in [4.69, 9.17) is 4.74 Å². The predicted octanol–water partition coefficient (Wildman–Crippen LogP) is 3.77. The molecule has 25 heavy (non-hydrogen) atoms. The third-order valence-electron chi connectivity index (χ3n) is 5.77. The minimum atomic E-state index is -0.634. The molecule has 0 bridgehead atoms. The van der Waals surface area contributed by atoms with E-state index in [-0.39, 0.29) is 47.4 Å². The van der Waals surface area contributed by atoms with Crippen LogP contribution in [-0.2, 0) is 14.3 Å². The van der Waals surface area contributed by atoms with Gasteiger partial charge in [0.05, 0.1) is 6.10 Å². The second kappa shape index (κ2) is 8.03. The van der Waals surface area contributed by atoms with Crippen molar-refractivity contribution >= 4 is 11.8 Å². The topological polar surface area (TPSA) is 63.6 Å². The first kappa shape index (κ1) is 20.2. The SMILES string of the molecule is C=C1[C@H](OC(=O)CC(C)C)C[C@@H](CC(C)C)[C@@H]2[C@@H]([C@@H](C)O)C(=O)C[C@@H]12. The van der Waals surface area contributed by atoms with Crippen molar-refractivity contribution in [1.82, 2.24) is 0 Å². The summed E-state index contributed by atoms with van der Waals surface area (Å²) in [6, 6.07) is 0. The summed E-state index contributed by atoms with van der Waals surface area (Å²) in [5, 5.41) is 10.2. The van der Waals surface area contributed by atoms with Crippen molar-refractivity contribution in [3.05, 3.63) is 12.2 Å². The lowest BCUT2D eigenvalue weighted by atomic mass is 9.64. The Labute approximate surface area is 152 Å². The number of carbonyl (C=O) groups excluding carboxylic acids is 2. The quantitative estimate of drug-likeness (QED) is 0.585. The van der Waals surface area contributed by atoms with Gasteiger partial charge in [0.15, 0.2) is 0 Å². The molecule has 1 N–H and O–H groups in total. The van der Waals surface area contributed by atoms with E-state index in [2.05, 4.69) is 20.4 Å². The molecule has 0 amide bonds. The zero-order valence-corrected chi connectivity index (χ0v) is 16.3. The second-order valence-electron chi connectivity index (χ2n) is 8.90. The highest BCUT2D eigenvalue weighted by Gasteiger charge is 2.53. The van der Waals surface area contributed by atoms with Gasteiger partial charge in [-0.05, 0) is 54.9 Å². The average Bonchev–Trinajstić information content (AvgIpc) is 2.80. The molecule has 0 spiro atoms. The maximum absolute atomic E-state index is 12.5. The molecule has 142 valence electrons. The molecule has 2 fully saturated rings. The number of rotatable bonds is 6. The molecule has 0 heterocycles. The maximum atomic E-state index is 12.5. The van der Waals surface area contributed by atoms with Crippen LogP contribution in [0.3, 0.4) is 0 Å². The number of esters is 1. The average molecular weight is 350 g/mol. The van der Waals surface area contributed by atoms with Crippen molar-refractivity contribution in [1.29, 1.82) is 0 Å². The highest BCUT2D eigenvalue weighted by Crippen LogP contribution is 2.52. The molecule has 0 aromatic carbocycles. The van der Waals surface area contributed by atoms with Crippen LogP contribution in [0.4, 0.5) is 0 Å². The van der Waals surface area contributed by atoms with Gasteiger partial charge < -0.3 is 9.84 Å². The standard InChI is InChI=1S/C21H34O4/c1-11(2)7-15-9-18(25-19(24)8-12(3)4)13(5)16-10-17(23)20(14(6)22)21(15)16/h11-12,14-16,18,20-22H,5,7-10H2,1-4,6H3/t14-,15-,16+,18-,20+,21+/m1/s1. The number of hydrogen-bond donors (Lipinski definition) is 1. The Morgan fingerprint density at radius 1 is 1.24 bits per heavy atom. The number of Topliss-reactive ketones (excluding diaryl/α,β-unsaturated/α-hetero) is 1. The second-order valence-corrected chi connectivity index (χ2v) is 8.90. The summed E-state index contributed by atoms with van der Waals surface area (Å²) < 4.78 is 5.75. The molecule has 0 aliphatic heterocycles. The molecule has 2 aliphatic rings. The van der Waals surface area contributed by atoms with E-state index in [0.29, 0.717) is 18.8 Å². The van der Waals surface area contributed by atoms with Crippen LogP contribution in [0.5, 0.6) is 0 Å². The molecule has 2 saturated carbocycles. The molecule has 2 rings (SSSR count). The molecular formula is C21H34O4. The molecule has 0 radical (unpaired) electrons. The van der Waals surface area contributed by atoms with Gasteiger partial charge in [0, 0.05) is 18.8 Å². The fourth-order valence-corrected chi connectivity index (χ4v) is 4.89. The first-order valence-electron chi connectivity index (χ1n) is 9.70. The summed E-state index contributed by atoms with van der Waals surface area (Å²) in [6.07, 6.45) is 1.59. The lowest BCUT2D eigenvalue weighted by Gasteiger charge is -2.42. The molecule has 2 aliphatic carbocycles. The summed E-state index contributed by atoms with van der Waals surface area (Å²) in [7, 11) is 0. The number of hydrogen-bond acceptors (Lipinski definition) is 4. The molecule has 0 unspecified atom stereocenters. The van der Waals surface area contributed by atoms with Crippen LogP contribution >= 0.6 is 0 Å². The third kappa shape index (κ3) is 4.52. The minimum absolute atomic E-state index is 0.0291. The lowest BCUT2D eigenvalue weighted by Crippen LogP contribution is -2.42. The van der Waals surface area contributed by atoms with Crippen molar-refractivity contribution in [2.45, 2.75) is 72.5 Å². The van der Waals surface area contributed by atoms with E-state index in [1.807, 2.05) is 13.8 Å². The van der Waals surface area contributed by atoms with Crippen LogP contribution in [0.25, 0.3) is 0 Å². The Morgan fingerprint density at radius 3 is 2.40 bits per heavy atom. The first-order valence-corrected chi connectivity index (χ1v) is 9.70. The molecule has 0 aromatic heterocycles. The Morgan fingerprint density at radius 2 is 1.88 bits per heavy atom. The van der Waals surface area contributed by atoms with Crippen molar-refractivity contribution in [2.24, 2.45) is 35.5 Å². The normalized spacial score (nSPS) is 33.7. The first-order chi connectivity index (χ1) is 11.6. The number of aliphatic hydroxyl groups is 1. The minimum Gasteiger partial charge on any atom is -0.458 e. The summed E-state index contributed by atoms with van der Waals surface area (Å²) >= 11 is 0. The van der Waals surface area contributed by atoms with Crippen LogP contribution in [0, 0.1) is 35.5 Å². The number of ether oxygens (including phenoxy) is 1. The van der Waals surface area contributed by atoms with Crippen molar-refractivity contribution in [2.75, 3.05) is 0 Å². The lowest BCUT2D eigenvalue weighted by molar-refractivity contribution is -0.151. The van der Waals surface area contributed by atoms with Crippen molar-refractivity contribution in [3.8, 4) is 0 Å². The largest absolute Gasteiger partial charge is 0.458 e. The highest BCUT2D eigenvalue weighted by atomic mass is 16.5. The van der Waals surface area contributed by atoms with E-state index in [0.717, 1.165) is 18.4 Å². The van der Waals surface area contributed by atoms with Crippen LogP contribution < -0.4 is 0 Å². The zero-order valence-electron chi connectivity index (χ0n) is 16.3. The zero-order chi connectivity index (χ0) is 18.9. The number of carbonyl (C=O) groups is 2. The van der Waals surface area contributed by atoms with E-state index in [1.54, 1.807) is 6.92 Å².